The maximum absolute atomic E-state index is 12.0. The van der Waals surface area contributed by atoms with E-state index < -0.39 is 10.0 Å². The quantitative estimate of drug-likeness (QED) is 0.869. The first kappa shape index (κ1) is 14.8. The Morgan fingerprint density at radius 3 is 2.39 bits per heavy atom. The van der Waals surface area contributed by atoms with Gasteiger partial charge in [-0.05, 0) is 37.1 Å². The normalized spacial score (nSPS) is 11.4. The monoisotopic (exact) mass is 272 g/mol. The molecule has 0 saturated heterocycles. The number of anilines is 1. The first-order chi connectivity index (χ1) is 8.33. The minimum Gasteiger partial charge on any atom is -0.496 e. The number of benzene rings is 1. The van der Waals surface area contributed by atoms with Crippen LogP contribution in [0.5, 0.6) is 5.75 Å². The molecule has 6 heteroatoms. The molecular formula is C12H20N2O3S. The molecule has 0 spiro atoms. The number of sulfonamides is 1. The second-order valence-electron chi connectivity index (χ2n) is 4.18. The molecule has 102 valence electrons. The zero-order chi connectivity index (χ0) is 13.9. The molecule has 1 rings (SSSR count). The van der Waals surface area contributed by atoms with E-state index in [1.54, 1.807) is 14.2 Å². The van der Waals surface area contributed by atoms with Crippen LogP contribution in [0, 0.1) is 13.8 Å². The van der Waals surface area contributed by atoms with Crippen molar-refractivity contribution in [3.8, 4) is 5.75 Å². The standard InChI is InChI=1S/C12H20N2O3S/c1-9-8-12(17-4)10(2)7-11(9)14(3)18(15,16)6-5-13/h7-8H,5-6,13H2,1-4H3. The summed E-state index contributed by atoms with van der Waals surface area (Å²) < 4.78 is 30.4. The maximum Gasteiger partial charge on any atom is 0.236 e. The van der Waals surface area contributed by atoms with Crippen molar-refractivity contribution in [3.63, 3.8) is 0 Å². The lowest BCUT2D eigenvalue weighted by atomic mass is 10.1. The van der Waals surface area contributed by atoms with E-state index in [1.807, 2.05) is 26.0 Å². The number of hydrogen-bond donors (Lipinski definition) is 1. The highest BCUT2D eigenvalue weighted by Crippen LogP contribution is 2.29. The maximum atomic E-state index is 12.0. The van der Waals surface area contributed by atoms with Gasteiger partial charge in [0, 0.05) is 13.6 Å². The van der Waals surface area contributed by atoms with E-state index in [4.69, 9.17) is 10.5 Å². The van der Waals surface area contributed by atoms with Crippen molar-refractivity contribution in [2.24, 2.45) is 5.73 Å². The molecule has 0 aliphatic carbocycles. The van der Waals surface area contributed by atoms with Crippen LogP contribution >= 0.6 is 0 Å². The number of aryl methyl sites for hydroxylation is 2. The first-order valence-electron chi connectivity index (χ1n) is 5.65. The van der Waals surface area contributed by atoms with Crippen LogP contribution in [-0.2, 0) is 10.0 Å². The Morgan fingerprint density at radius 1 is 1.28 bits per heavy atom. The second-order valence-corrected chi connectivity index (χ2v) is 6.30. The molecule has 0 aliphatic rings. The van der Waals surface area contributed by atoms with Gasteiger partial charge in [-0.1, -0.05) is 0 Å². The average molecular weight is 272 g/mol. The van der Waals surface area contributed by atoms with E-state index in [9.17, 15) is 8.42 Å². The van der Waals surface area contributed by atoms with Crippen molar-refractivity contribution < 1.29 is 13.2 Å². The Labute approximate surface area is 109 Å². The molecule has 18 heavy (non-hydrogen) atoms. The van der Waals surface area contributed by atoms with Crippen LogP contribution in [0.3, 0.4) is 0 Å². The summed E-state index contributed by atoms with van der Waals surface area (Å²) in [5, 5.41) is 0. The number of hydrogen-bond acceptors (Lipinski definition) is 4. The smallest absolute Gasteiger partial charge is 0.236 e. The van der Waals surface area contributed by atoms with Crippen molar-refractivity contribution in [2.75, 3.05) is 30.8 Å². The van der Waals surface area contributed by atoms with Gasteiger partial charge in [-0.2, -0.15) is 0 Å². The van der Waals surface area contributed by atoms with Crippen molar-refractivity contribution >= 4 is 15.7 Å². The summed E-state index contributed by atoms with van der Waals surface area (Å²) in [7, 11) is -0.220. The SMILES string of the molecule is COc1cc(C)c(N(C)S(=O)(=O)CCN)cc1C. The van der Waals surface area contributed by atoms with Gasteiger partial charge in [0.1, 0.15) is 5.75 Å². The van der Waals surface area contributed by atoms with Crippen LogP contribution in [0.15, 0.2) is 12.1 Å². The zero-order valence-electron chi connectivity index (χ0n) is 11.2. The van der Waals surface area contributed by atoms with Gasteiger partial charge in [0.2, 0.25) is 10.0 Å². The molecule has 0 aromatic heterocycles. The highest BCUT2D eigenvalue weighted by molar-refractivity contribution is 7.92. The number of ether oxygens (including phenoxy) is 1. The fraction of sp³-hybridized carbons (Fsp3) is 0.500. The molecule has 0 fully saturated rings. The van der Waals surface area contributed by atoms with Gasteiger partial charge in [-0.25, -0.2) is 8.42 Å². The fourth-order valence-corrected chi connectivity index (χ4v) is 2.84. The molecule has 0 radical (unpaired) electrons. The summed E-state index contributed by atoms with van der Waals surface area (Å²) in [6, 6.07) is 3.64. The van der Waals surface area contributed by atoms with Gasteiger partial charge >= 0.3 is 0 Å². The Bertz CT molecular complexity index is 526. The Kier molecular flexibility index (Phi) is 4.59. The molecule has 1 aromatic rings. The van der Waals surface area contributed by atoms with Gasteiger partial charge in [0.25, 0.3) is 0 Å². The lowest BCUT2D eigenvalue weighted by Gasteiger charge is -2.22. The molecule has 5 nitrogen and oxygen atoms in total. The summed E-state index contributed by atoms with van der Waals surface area (Å²) in [5.41, 5.74) is 7.72. The highest BCUT2D eigenvalue weighted by Gasteiger charge is 2.19. The molecular weight excluding hydrogens is 252 g/mol. The summed E-state index contributed by atoms with van der Waals surface area (Å²) >= 11 is 0. The van der Waals surface area contributed by atoms with Crippen LogP contribution in [-0.4, -0.2) is 34.9 Å². The Balaban J connectivity index is 3.22. The van der Waals surface area contributed by atoms with Gasteiger partial charge < -0.3 is 10.5 Å². The van der Waals surface area contributed by atoms with Gasteiger partial charge in [0.05, 0.1) is 18.6 Å². The van der Waals surface area contributed by atoms with Crippen molar-refractivity contribution in [3.05, 3.63) is 23.3 Å². The number of methoxy groups -OCH3 is 1. The first-order valence-corrected chi connectivity index (χ1v) is 7.26. The molecule has 0 saturated carbocycles. The third-order valence-corrected chi connectivity index (χ3v) is 4.63. The molecule has 0 amide bonds. The van der Waals surface area contributed by atoms with Crippen LogP contribution in [0.1, 0.15) is 11.1 Å². The average Bonchev–Trinajstić information content (AvgIpc) is 2.30. The van der Waals surface area contributed by atoms with Crippen LogP contribution in [0.4, 0.5) is 5.69 Å². The van der Waals surface area contributed by atoms with Gasteiger partial charge in [-0.3, -0.25) is 4.31 Å². The molecule has 0 aliphatic heterocycles. The molecule has 0 unspecified atom stereocenters. The molecule has 2 N–H and O–H groups in total. The number of nitrogens with two attached hydrogens (primary N) is 1. The topological polar surface area (TPSA) is 72.6 Å². The predicted molar refractivity (Wildman–Crippen MR) is 73.7 cm³/mol. The molecule has 0 heterocycles. The summed E-state index contributed by atoms with van der Waals surface area (Å²) in [6.07, 6.45) is 0. The van der Waals surface area contributed by atoms with Crippen LogP contribution in [0.25, 0.3) is 0 Å². The Morgan fingerprint density at radius 2 is 1.89 bits per heavy atom. The minimum atomic E-state index is -3.35. The van der Waals surface area contributed by atoms with Crippen LogP contribution < -0.4 is 14.8 Å². The van der Waals surface area contributed by atoms with E-state index >= 15 is 0 Å². The summed E-state index contributed by atoms with van der Waals surface area (Å²) in [5.74, 6) is 0.689. The predicted octanol–water partition coefficient (Wildman–Crippen LogP) is 1.04. The summed E-state index contributed by atoms with van der Waals surface area (Å²) in [4.78, 5) is 0. The highest BCUT2D eigenvalue weighted by atomic mass is 32.2. The lowest BCUT2D eigenvalue weighted by Crippen LogP contribution is -2.32. The zero-order valence-corrected chi connectivity index (χ0v) is 12.0. The minimum absolute atomic E-state index is 0.0615. The van der Waals surface area contributed by atoms with E-state index in [1.165, 1.54) is 4.31 Å². The largest absolute Gasteiger partial charge is 0.496 e. The van der Waals surface area contributed by atoms with E-state index in [0.717, 1.165) is 16.9 Å². The van der Waals surface area contributed by atoms with Crippen molar-refractivity contribution in [1.29, 1.82) is 0 Å². The van der Waals surface area contributed by atoms with E-state index in [0.29, 0.717) is 5.69 Å². The third kappa shape index (κ3) is 2.94. The van der Waals surface area contributed by atoms with Crippen LogP contribution in [0.2, 0.25) is 0 Å². The van der Waals surface area contributed by atoms with Crippen molar-refractivity contribution in [1.82, 2.24) is 0 Å². The van der Waals surface area contributed by atoms with Crippen molar-refractivity contribution in [2.45, 2.75) is 13.8 Å². The van der Waals surface area contributed by atoms with Gasteiger partial charge in [0.15, 0.2) is 0 Å². The number of rotatable bonds is 5. The third-order valence-electron chi connectivity index (χ3n) is 2.85. The lowest BCUT2D eigenvalue weighted by molar-refractivity contribution is 0.411. The van der Waals surface area contributed by atoms with E-state index in [-0.39, 0.29) is 12.3 Å². The Hall–Kier alpha value is -1.27. The number of nitrogens with zero attached hydrogens (tertiary/aromatic N) is 1. The second kappa shape index (κ2) is 5.58. The van der Waals surface area contributed by atoms with Gasteiger partial charge in [-0.15, -0.1) is 0 Å². The fourth-order valence-electron chi connectivity index (χ4n) is 1.77. The molecule has 0 bridgehead atoms. The van der Waals surface area contributed by atoms with E-state index in [2.05, 4.69) is 0 Å². The summed E-state index contributed by atoms with van der Waals surface area (Å²) in [6.45, 7) is 3.85. The molecule has 0 atom stereocenters. The molecule has 1 aromatic carbocycles.